The van der Waals surface area contributed by atoms with Crippen LogP contribution in [-0.4, -0.2) is 24.5 Å². The fourth-order valence-electron chi connectivity index (χ4n) is 1.87. The predicted octanol–water partition coefficient (Wildman–Crippen LogP) is 0.565. The van der Waals surface area contributed by atoms with Crippen LogP contribution in [0.3, 0.4) is 0 Å². The summed E-state index contributed by atoms with van der Waals surface area (Å²) in [6, 6.07) is 0. The van der Waals surface area contributed by atoms with E-state index in [1.807, 2.05) is 0 Å². The SMILES string of the molecule is Cc1nn(C)c(NCc2cnn(C)c2N)c1[N+](=O)[O-]. The van der Waals surface area contributed by atoms with Crippen LogP contribution in [0.4, 0.5) is 17.3 Å². The highest BCUT2D eigenvalue weighted by atomic mass is 16.6. The van der Waals surface area contributed by atoms with Gasteiger partial charge in [-0.2, -0.15) is 10.2 Å². The van der Waals surface area contributed by atoms with E-state index in [0.717, 1.165) is 5.56 Å². The molecule has 0 bridgehead atoms. The lowest BCUT2D eigenvalue weighted by atomic mass is 10.3. The first-order valence-corrected chi connectivity index (χ1v) is 5.60. The number of nitrogen functional groups attached to an aromatic ring is 1. The molecule has 0 unspecified atom stereocenters. The van der Waals surface area contributed by atoms with Gasteiger partial charge in [0.25, 0.3) is 0 Å². The number of anilines is 2. The minimum atomic E-state index is -0.447. The Morgan fingerprint density at radius 2 is 2.16 bits per heavy atom. The molecule has 19 heavy (non-hydrogen) atoms. The van der Waals surface area contributed by atoms with Crippen molar-refractivity contribution in [3.05, 3.63) is 27.6 Å². The van der Waals surface area contributed by atoms with Gasteiger partial charge in [0.05, 0.1) is 11.1 Å². The topological polar surface area (TPSA) is 117 Å². The van der Waals surface area contributed by atoms with Gasteiger partial charge in [-0.25, -0.2) is 4.68 Å². The molecule has 0 saturated heterocycles. The van der Waals surface area contributed by atoms with E-state index in [0.29, 0.717) is 23.9 Å². The van der Waals surface area contributed by atoms with Crippen LogP contribution in [0, 0.1) is 17.0 Å². The van der Waals surface area contributed by atoms with E-state index < -0.39 is 4.92 Å². The van der Waals surface area contributed by atoms with Gasteiger partial charge in [0.1, 0.15) is 11.5 Å². The van der Waals surface area contributed by atoms with Crippen molar-refractivity contribution in [2.45, 2.75) is 13.5 Å². The first-order valence-electron chi connectivity index (χ1n) is 5.60. The third-order valence-corrected chi connectivity index (χ3v) is 2.88. The van der Waals surface area contributed by atoms with Crippen LogP contribution >= 0.6 is 0 Å². The minimum Gasteiger partial charge on any atom is -0.384 e. The fourth-order valence-corrected chi connectivity index (χ4v) is 1.87. The third kappa shape index (κ3) is 2.21. The summed E-state index contributed by atoms with van der Waals surface area (Å²) >= 11 is 0. The van der Waals surface area contributed by atoms with Crippen LogP contribution in [0.1, 0.15) is 11.3 Å². The average Bonchev–Trinajstić information content (AvgIpc) is 2.79. The van der Waals surface area contributed by atoms with E-state index in [2.05, 4.69) is 15.5 Å². The third-order valence-electron chi connectivity index (χ3n) is 2.88. The zero-order valence-corrected chi connectivity index (χ0v) is 10.9. The highest BCUT2D eigenvalue weighted by Crippen LogP contribution is 2.27. The van der Waals surface area contributed by atoms with Gasteiger partial charge < -0.3 is 11.1 Å². The number of hydrogen-bond acceptors (Lipinski definition) is 6. The second-order valence-electron chi connectivity index (χ2n) is 4.20. The Balaban J connectivity index is 2.25. The van der Waals surface area contributed by atoms with Gasteiger partial charge in [-0.3, -0.25) is 14.8 Å². The van der Waals surface area contributed by atoms with Crippen LogP contribution < -0.4 is 11.1 Å². The smallest absolute Gasteiger partial charge is 0.333 e. The summed E-state index contributed by atoms with van der Waals surface area (Å²) in [6.45, 7) is 1.95. The van der Waals surface area contributed by atoms with Gasteiger partial charge in [-0.05, 0) is 6.92 Å². The molecule has 9 heteroatoms. The summed E-state index contributed by atoms with van der Waals surface area (Å²) in [5.41, 5.74) is 6.93. The molecule has 0 aromatic carbocycles. The molecule has 9 nitrogen and oxygen atoms in total. The van der Waals surface area contributed by atoms with Gasteiger partial charge >= 0.3 is 5.69 Å². The lowest BCUT2D eigenvalue weighted by Gasteiger charge is -2.05. The molecule has 2 aromatic heterocycles. The van der Waals surface area contributed by atoms with Crippen molar-refractivity contribution >= 4 is 17.3 Å². The van der Waals surface area contributed by atoms with Crippen LogP contribution in [0.2, 0.25) is 0 Å². The van der Waals surface area contributed by atoms with E-state index in [-0.39, 0.29) is 5.69 Å². The van der Waals surface area contributed by atoms with Crippen LogP contribution in [0.15, 0.2) is 6.20 Å². The Hall–Kier alpha value is -2.58. The van der Waals surface area contributed by atoms with E-state index in [4.69, 9.17) is 5.73 Å². The summed E-state index contributed by atoms with van der Waals surface area (Å²) in [5.74, 6) is 0.875. The largest absolute Gasteiger partial charge is 0.384 e. The molecule has 0 spiro atoms. The van der Waals surface area contributed by atoms with Crippen molar-refractivity contribution in [3.8, 4) is 0 Å². The maximum atomic E-state index is 11.0. The van der Waals surface area contributed by atoms with Crippen LogP contribution in [0.5, 0.6) is 0 Å². The molecule has 0 radical (unpaired) electrons. The predicted molar refractivity (Wildman–Crippen MR) is 69.5 cm³/mol. The summed E-state index contributed by atoms with van der Waals surface area (Å²) in [4.78, 5) is 10.6. The Bertz CT molecular complexity index is 628. The summed E-state index contributed by atoms with van der Waals surface area (Å²) in [5, 5.41) is 22.0. The van der Waals surface area contributed by atoms with Crippen molar-refractivity contribution in [1.29, 1.82) is 0 Å². The first-order chi connectivity index (χ1) is 8.91. The molecule has 2 heterocycles. The van der Waals surface area contributed by atoms with Crippen LogP contribution in [-0.2, 0) is 20.6 Å². The zero-order chi connectivity index (χ0) is 14.2. The second kappa shape index (κ2) is 4.59. The molecule has 0 saturated carbocycles. The zero-order valence-electron chi connectivity index (χ0n) is 10.9. The minimum absolute atomic E-state index is 0.0232. The number of nitrogens with one attached hydrogen (secondary N) is 1. The molecule has 0 aliphatic rings. The highest BCUT2D eigenvalue weighted by Gasteiger charge is 2.23. The quantitative estimate of drug-likeness (QED) is 0.616. The first kappa shape index (κ1) is 12.9. The standard InChI is InChI=1S/C10H15N7O2/c1-6-8(17(18)19)10(16(3)14-6)12-4-7-5-13-15(2)9(7)11/h5,12H,4,11H2,1-3H3. The molecule has 2 aromatic rings. The molecule has 102 valence electrons. The van der Waals surface area contributed by atoms with E-state index in [9.17, 15) is 10.1 Å². The van der Waals surface area contributed by atoms with Crippen molar-refractivity contribution in [1.82, 2.24) is 19.6 Å². The van der Waals surface area contributed by atoms with Gasteiger partial charge in [-0.1, -0.05) is 0 Å². The number of nitrogens with zero attached hydrogens (tertiary/aromatic N) is 5. The monoisotopic (exact) mass is 265 g/mol. The molecule has 0 aliphatic carbocycles. The number of nitrogens with two attached hydrogens (primary N) is 1. The normalized spacial score (nSPS) is 10.7. The van der Waals surface area contributed by atoms with E-state index in [1.165, 1.54) is 4.68 Å². The Kier molecular flexibility index (Phi) is 3.11. The maximum Gasteiger partial charge on any atom is 0.333 e. The Morgan fingerprint density at radius 1 is 1.47 bits per heavy atom. The molecule has 2 rings (SSSR count). The van der Waals surface area contributed by atoms with Crippen molar-refractivity contribution in [3.63, 3.8) is 0 Å². The van der Waals surface area contributed by atoms with Gasteiger partial charge in [0.2, 0.25) is 5.82 Å². The molecule has 0 fully saturated rings. The Labute approximate surface area is 109 Å². The molecule has 0 aliphatic heterocycles. The fraction of sp³-hybridized carbons (Fsp3) is 0.400. The number of nitro groups is 1. The van der Waals surface area contributed by atoms with Crippen molar-refractivity contribution in [2.75, 3.05) is 11.1 Å². The second-order valence-corrected chi connectivity index (χ2v) is 4.20. The number of hydrogen-bond donors (Lipinski definition) is 2. The number of rotatable bonds is 4. The van der Waals surface area contributed by atoms with Crippen molar-refractivity contribution in [2.24, 2.45) is 14.1 Å². The Morgan fingerprint density at radius 3 is 2.68 bits per heavy atom. The van der Waals surface area contributed by atoms with Gasteiger partial charge in [0.15, 0.2) is 0 Å². The molecular formula is C10H15N7O2. The van der Waals surface area contributed by atoms with E-state index >= 15 is 0 Å². The highest BCUT2D eigenvalue weighted by molar-refractivity contribution is 5.60. The molecule has 0 atom stereocenters. The lowest BCUT2D eigenvalue weighted by molar-refractivity contribution is -0.384. The number of aryl methyl sites for hydroxylation is 3. The van der Waals surface area contributed by atoms with Crippen LogP contribution in [0.25, 0.3) is 0 Å². The molecule has 0 amide bonds. The summed E-state index contributed by atoms with van der Waals surface area (Å²) < 4.78 is 2.99. The average molecular weight is 265 g/mol. The summed E-state index contributed by atoms with van der Waals surface area (Å²) in [7, 11) is 3.38. The molecular weight excluding hydrogens is 250 g/mol. The summed E-state index contributed by atoms with van der Waals surface area (Å²) in [6.07, 6.45) is 1.62. The number of aromatic nitrogens is 4. The maximum absolute atomic E-state index is 11.0. The van der Waals surface area contributed by atoms with E-state index in [1.54, 1.807) is 31.9 Å². The lowest BCUT2D eigenvalue weighted by Crippen LogP contribution is -2.08. The van der Waals surface area contributed by atoms with Crippen molar-refractivity contribution < 1.29 is 4.92 Å². The van der Waals surface area contributed by atoms with Gasteiger partial charge in [0, 0.05) is 26.2 Å². The molecule has 3 N–H and O–H groups in total. The van der Waals surface area contributed by atoms with Gasteiger partial charge in [-0.15, -0.1) is 0 Å².